The predicted molar refractivity (Wildman–Crippen MR) is 75.2 cm³/mol. The van der Waals surface area contributed by atoms with Gasteiger partial charge in [0.2, 0.25) is 5.91 Å². The van der Waals surface area contributed by atoms with Crippen molar-refractivity contribution in [2.45, 2.75) is 12.6 Å². The molecule has 0 aliphatic rings. The molecule has 0 atom stereocenters. The Bertz CT molecular complexity index is 663. The van der Waals surface area contributed by atoms with Gasteiger partial charge in [0, 0.05) is 16.3 Å². The molecule has 0 spiro atoms. The van der Waals surface area contributed by atoms with E-state index in [4.69, 9.17) is 11.6 Å². The van der Waals surface area contributed by atoms with Crippen molar-refractivity contribution in [1.82, 2.24) is 0 Å². The van der Waals surface area contributed by atoms with Crippen LogP contribution in [-0.2, 0) is 17.4 Å². The third kappa shape index (κ3) is 3.98. The van der Waals surface area contributed by atoms with E-state index in [1.165, 1.54) is 18.2 Å². The maximum atomic E-state index is 13.5. The lowest BCUT2D eigenvalue weighted by molar-refractivity contribution is -0.137. The summed E-state index contributed by atoms with van der Waals surface area (Å²) in [6.07, 6.45) is -4.75. The normalized spacial score (nSPS) is 11.3. The van der Waals surface area contributed by atoms with Crippen LogP contribution in [0.25, 0.3) is 0 Å². The van der Waals surface area contributed by atoms with E-state index in [0.29, 0.717) is 0 Å². The standard InChI is InChI=1S/C15H10ClF4NO/c16-12-2-1-3-13(17)11(12)8-14(22)21-10-6-4-9(5-7-10)15(18,19)20/h1-7H,8H2,(H,21,22). The quantitative estimate of drug-likeness (QED) is 0.813. The smallest absolute Gasteiger partial charge is 0.326 e. The molecular formula is C15H10ClF4NO. The summed E-state index contributed by atoms with van der Waals surface area (Å²) < 4.78 is 50.8. The lowest BCUT2D eigenvalue weighted by Crippen LogP contribution is -2.15. The van der Waals surface area contributed by atoms with Crippen LogP contribution in [0.2, 0.25) is 5.02 Å². The average molecular weight is 332 g/mol. The largest absolute Gasteiger partial charge is 0.416 e. The summed E-state index contributed by atoms with van der Waals surface area (Å²) in [7, 11) is 0. The van der Waals surface area contributed by atoms with E-state index in [-0.39, 0.29) is 22.7 Å². The van der Waals surface area contributed by atoms with Gasteiger partial charge in [-0.2, -0.15) is 13.2 Å². The number of carbonyl (C=O) groups is 1. The highest BCUT2D eigenvalue weighted by molar-refractivity contribution is 6.31. The van der Waals surface area contributed by atoms with E-state index in [2.05, 4.69) is 5.32 Å². The number of nitrogens with one attached hydrogen (secondary N) is 1. The van der Waals surface area contributed by atoms with Gasteiger partial charge in [0.05, 0.1) is 12.0 Å². The molecule has 0 bridgehead atoms. The van der Waals surface area contributed by atoms with Gasteiger partial charge in [-0.15, -0.1) is 0 Å². The van der Waals surface area contributed by atoms with E-state index in [1.54, 1.807) is 0 Å². The number of hydrogen-bond donors (Lipinski definition) is 1. The Labute approximate surface area is 128 Å². The molecule has 0 heterocycles. The van der Waals surface area contributed by atoms with Gasteiger partial charge in [0.25, 0.3) is 0 Å². The molecule has 2 rings (SSSR count). The molecule has 0 saturated heterocycles. The van der Waals surface area contributed by atoms with Crippen molar-refractivity contribution < 1.29 is 22.4 Å². The Balaban J connectivity index is 2.06. The van der Waals surface area contributed by atoms with Crippen LogP contribution in [0.4, 0.5) is 23.2 Å². The first-order chi connectivity index (χ1) is 10.3. The second-order valence-corrected chi connectivity index (χ2v) is 4.91. The fourth-order valence-corrected chi connectivity index (χ4v) is 2.04. The summed E-state index contributed by atoms with van der Waals surface area (Å²) in [6, 6.07) is 8.00. The van der Waals surface area contributed by atoms with Crippen LogP contribution in [-0.4, -0.2) is 5.91 Å². The van der Waals surface area contributed by atoms with Gasteiger partial charge in [-0.1, -0.05) is 17.7 Å². The number of hydrogen-bond acceptors (Lipinski definition) is 1. The van der Waals surface area contributed by atoms with Crippen molar-refractivity contribution in [3.8, 4) is 0 Å². The van der Waals surface area contributed by atoms with E-state index in [9.17, 15) is 22.4 Å². The highest BCUT2D eigenvalue weighted by Crippen LogP contribution is 2.29. The van der Waals surface area contributed by atoms with Gasteiger partial charge in [-0.05, 0) is 36.4 Å². The molecule has 0 radical (unpaired) electrons. The molecule has 2 nitrogen and oxygen atoms in total. The minimum Gasteiger partial charge on any atom is -0.326 e. The van der Waals surface area contributed by atoms with E-state index in [1.807, 2.05) is 0 Å². The highest BCUT2D eigenvalue weighted by atomic mass is 35.5. The fraction of sp³-hybridized carbons (Fsp3) is 0.133. The SMILES string of the molecule is O=C(Cc1c(F)cccc1Cl)Nc1ccc(C(F)(F)F)cc1. The van der Waals surface area contributed by atoms with Gasteiger partial charge in [-0.3, -0.25) is 4.79 Å². The first-order valence-corrected chi connectivity index (χ1v) is 6.55. The molecule has 0 aromatic heterocycles. The monoisotopic (exact) mass is 331 g/mol. The zero-order valence-corrected chi connectivity index (χ0v) is 11.8. The highest BCUT2D eigenvalue weighted by Gasteiger charge is 2.30. The zero-order valence-electron chi connectivity index (χ0n) is 11.0. The third-order valence-corrected chi connectivity index (χ3v) is 3.25. The van der Waals surface area contributed by atoms with Crippen molar-refractivity contribution in [3.63, 3.8) is 0 Å². The summed E-state index contributed by atoms with van der Waals surface area (Å²) in [4.78, 5) is 11.8. The lowest BCUT2D eigenvalue weighted by atomic mass is 10.1. The minimum absolute atomic E-state index is 0.0357. The van der Waals surface area contributed by atoms with E-state index in [0.717, 1.165) is 24.3 Å². The second kappa shape index (κ2) is 6.36. The maximum Gasteiger partial charge on any atom is 0.416 e. The van der Waals surface area contributed by atoms with Crippen LogP contribution in [0, 0.1) is 5.82 Å². The predicted octanol–water partition coefficient (Wildman–Crippen LogP) is 4.68. The second-order valence-electron chi connectivity index (χ2n) is 4.50. The van der Waals surface area contributed by atoms with Crippen molar-refractivity contribution >= 4 is 23.2 Å². The summed E-state index contributed by atoms with van der Waals surface area (Å²) in [5, 5.41) is 2.51. The number of halogens is 5. The molecule has 7 heteroatoms. The van der Waals surface area contributed by atoms with Gasteiger partial charge in [0.15, 0.2) is 0 Å². The van der Waals surface area contributed by atoms with Crippen LogP contribution in [0.5, 0.6) is 0 Å². The zero-order chi connectivity index (χ0) is 16.3. The Morgan fingerprint density at radius 3 is 2.27 bits per heavy atom. The molecule has 2 aromatic carbocycles. The van der Waals surface area contributed by atoms with E-state index < -0.39 is 23.5 Å². The lowest BCUT2D eigenvalue weighted by Gasteiger charge is -2.09. The molecule has 2 aromatic rings. The Hall–Kier alpha value is -2.08. The summed E-state index contributed by atoms with van der Waals surface area (Å²) >= 11 is 5.80. The van der Waals surface area contributed by atoms with Crippen LogP contribution < -0.4 is 5.32 Å². The van der Waals surface area contributed by atoms with Crippen molar-refractivity contribution in [2.24, 2.45) is 0 Å². The van der Waals surface area contributed by atoms with Crippen molar-refractivity contribution in [2.75, 3.05) is 5.32 Å². The number of benzene rings is 2. The number of alkyl halides is 3. The third-order valence-electron chi connectivity index (χ3n) is 2.90. The fourth-order valence-electron chi connectivity index (χ4n) is 1.81. The van der Waals surface area contributed by atoms with Crippen molar-refractivity contribution in [3.05, 3.63) is 64.4 Å². The summed E-state index contributed by atoms with van der Waals surface area (Å²) in [5.74, 6) is -1.19. The number of rotatable bonds is 3. The van der Waals surface area contributed by atoms with Gasteiger partial charge in [-0.25, -0.2) is 4.39 Å². The topological polar surface area (TPSA) is 29.1 Å². The Morgan fingerprint density at radius 2 is 1.73 bits per heavy atom. The van der Waals surface area contributed by atoms with Crippen LogP contribution in [0.15, 0.2) is 42.5 Å². The summed E-state index contributed by atoms with van der Waals surface area (Å²) in [6.45, 7) is 0. The minimum atomic E-state index is -4.44. The summed E-state index contributed by atoms with van der Waals surface area (Å²) in [5.41, 5.74) is -0.596. The van der Waals surface area contributed by atoms with Crippen LogP contribution in [0.1, 0.15) is 11.1 Å². The van der Waals surface area contributed by atoms with Crippen molar-refractivity contribution in [1.29, 1.82) is 0 Å². The molecular weight excluding hydrogens is 322 g/mol. The molecule has 22 heavy (non-hydrogen) atoms. The molecule has 116 valence electrons. The Kier molecular flexibility index (Phi) is 4.71. The molecule has 1 amide bonds. The first kappa shape index (κ1) is 16.3. The number of amides is 1. The molecule has 0 saturated carbocycles. The van der Waals surface area contributed by atoms with Gasteiger partial charge in [0.1, 0.15) is 5.82 Å². The Morgan fingerprint density at radius 1 is 1.09 bits per heavy atom. The molecule has 1 N–H and O–H groups in total. The number of anilines is 1. The van der Waals surface area contributed by atoms with Crippen LogP contribution >= 0.6 is 11.6 Å². The average Bonchev–Trinajstić information content (AvgIpc) is 2.43. The molecule has 0 aliphatic carbocycles. The van der Waals surface area contributed by atoms with Gasteiger partial charge < -0.3 is 5.32 Å². The molecule has 0 fully saturated rings. The van der Waals surface area contributed by atoms with Gasteiger partial charge >= 0.3 is 6.18 Å². The maximum absolute atomic E-state index is 13.5. The molecule has 0 unspecified atom stereocenters. The number of carbonyl (C=O) groups excluding carboxylic acids is 1. The van der Waals surface area contributed by atoms with E-state index >= 15 is 0 Å². The van der Waals surface area contributed by atoms with Crippen LogP contribution in [0.3, 0.4) is 0 Å². The molecule has 0 aliphatic heterocycles. The first-order valence-electron chi connectivity index (χ1n) is 6.17.